The topological polar surface area (TPSA) is 12.5 Å². The quantitative estimate of drug-likeness (QED) is 0.177. The summed E-state index contributed by atoms with van der Waals surface area (Å²) in [5, 5.41) is 2.40. The number of fused-ring (bicyclic) bond motifs is 10. The second kappa shape index (κ2) is 12.5. The van der Waals surface area contributed by atoms with Gasteiger partial charge in [0.15, 0.2) is 0 Å². The number of hydrogen-bond acceptors (Lipinski definition) is 2. The number of anilines is 3. The van der Waals surface area contributed by atoms with E-state index in [-0.39, 0.29) is 0 Å². The van der Waals surface area contributed by atoms with Crippen LogP contribution >= 0.6 is 0 Å². The highest BCUT2D eigenvalue weighted by molar-refractivity contribution is 6.00. The predicted octanol–water partition coefficient (Wildman–Crippen LogP) is 14.1. The van der Waals surface area contributed by atoms with Gasteiger partial charge in [-0.2, -0.15) is 0 Å². The number of hydrogen-bond donors (Lipinski definition) is 0. The Bertz CT molecular complexity index is 2890. The van der Waals surface area contributed by atoms with Gasteiger partial charge in [0.05, 0.1) is 11.1 Å². The van der Waals surface area contributed by atoms with Gasteiger partial charge in [-0.05, 0) is 92.4 Å². The molecule has 2 nitrogen and oxygen atoms in total. The molecule has 1 heterocycles. The molecule has 0 saturated heterocycles. The fourth-order valence-electron chi connectivity index (χ4n) is 9.21. The van der Waals surface area contributed by atoms with Crippen molar-refractivity contribution >= 4 is 27.8 Å². The second-order valence-electron chi connectivity index (χ2n) is 14.4. The lowest BCUT2D eigenvalue weighted by atomic mass is 9.64. The van der Waals surface area contributed by atoms with Crippen molar-refractivity contribution in [2.75, 3.05) is 4.90 Å². The minimum atomic E-state index is -0.639. The molecule has 2 heteroatoms. The van der Waals surface area contributed by atoms with Crippen molar-refractivity contribution < 1.29 is 4.74 Å². The summed E-state index contributed by atoms with van der Waals surface area (Å²) >= 11 is 0. The van der Waals surface area contributed by atoms with Gasteiger partial charge in [0.2, 0.25) is 0 Å². The van der Waals surface area contributed by atoms with Crippen molar-refractivity contribution in [2.45, 2.75) is 5.41 Å². The van der Waals surface area contributed by atoms with Gasteiger partial charge in [-0.15, -0.1) is 0 Å². The van der Waals surface area contributed by atoms with E-state index in [0.29, 0.717) is 0 Å². The summed E-state index contributed by atoms with van der Waals surface area (Å²) in [6, 6.07) is 76.9. The molecule has 9 aromatic rings. The lowest BCUT2D eigenvalue weighted by Crippen LogP contribution is -2.33. The molecule has 0 saturated carbocycles. The van der Waals surface area contributed by atoms with E-state index in [1.54, 1.807) is 0 Å². The molecule has 1 aliphatic heterocycles. The molecule has 1 unspecified atom stereocenters. The standard InChI is InChI=1S/C53H35NO/c1-3-15-36(16-4-1)37-29-31-40(32-30-37)54(49-26-13-20-38-19-7-8-21-42(38)49)41-33-34-45-44-22-9-10-24-46(44)53(48(45)35-41)47-25-11-12-27-50(47)55-51-28-14-23-43(52(51)53)39-17-5-2-6-18-39/h1-35H. The van der Waals surface area contributed by atoms with Crippen LogP contribution in [0.3, 0.4) is 0 Å². The highest BCUT2D eigenvalue weighted by atomic mass is 16.5. The van der Waals surface area contributed by atoms with E-state index in [4.69, 9.17) is 4.74 Å². The van der Waals surface area contributed by atoms with Gasteiger partial charge < -0.3 is 9.64 Å². The largest absolute Gasteiger partial charge is 0.457 e. The van der Waals surface area contributed by atoms with Gasteiger partial charge in [0.1, 0.15) is 11.5 Å². The maximum Gasteiger partial charge on any atom is 0.132 e. The zero-order valence-corrected chi connectivity index (χ0v) is 30.1. The molecule has 0 radical (unpaired) electrons. The molecule has 0 amide bonds. The van der Waals surface area contributed by atoms with Crippen LogP contribution < -0.4 is 9.64 Å². The van der Waals surface area contributed by atoms with Crippen molar-refractivity contribution in [2.24, 2.45) is 0 Å². The third kappa shape index (κ3) is 4.75. The van der Waals surface area contributed by atoms with E-state index >= 15 is 0 Å². The number of ether oxygens (including phenoxy) is 1. The predicted molar refractivity (Wildman–Crippen MR) is 227 cm³/mol. The van der Waals surface area contributed by atoms with E-state index in [9.17, 15) is 0 Å². The Morgan fingerprint density at radius 3 is 1.78 bits per heavy atom. The Balaban J connectivity index is 1.21. The van der Waals surface area contributed by atoms with Crippen LogP contribution in [0.5, 0.6) is 11.5 Å². The Morgan fingerprint density at radius 2 is 0.945 bits per heavy atom. The minimum Gasteiger partial charge on any atom is -0.457 e. The molecule has 1 spiro atoms. The molecule has 2 aliphatic rings. The molecule has 1 aliphatic carbocycles. The Hall–Kier alpha value is -7.16. The van der Waals surface area contributed by atoms with Crippen LogP contribution in [0.25, 0.3) is 44.2 Å². The minimum absolute atomic E-state index is 0.639. The van der Waals surface area contributed by atoms with Crippen molar-refractivity contribution in [3.05, 3.63) is 235 Å². The first kappa shape index (κ1) is 31.4. The summed E-state index contributed by atoms with van der Waals surface area (Å²) in [7, 11) is 0. The van der Waals surface area contributed by atoms with Crippen LogP contribution in [-0.4, -0.2) is 0 Å². The Labute approximate surface area is 321 Å². The first-order chi connectivity index (χ1) is 27.3. The zero-order chi connectivity index (χ0) is 36.3. The van der Waals surface area contributed by atoms with Crippen LogP contribution in [0.15, 0.2) is 212 Å². The molecule has 0 fully saturated rings. The highest BCUT2D eigenvalue weighted by Gasteiger charge is 2.52. The van der Waals surface area contributed by atoms with Gasteiger partial charge in [0.25, 0.3) is 0 Å². The van der Waals surface area contributed by atoms with Gasteiger partial charge in [0, 0.05) is 27.9 Å². The molecule has 55 heavy (non-hydrogen) atoms. The summed E-state index contributed by atoms with van der Waals surface area (Å²) in [4.78, 5) is 2.43. The van der Waals surface area contributed by atoms with Gasteiger partial charge in [-0.3, -0.25) is 0 Å². The molecule has 0 aromatic heterocycles. The fraction of sp³-hybridized carbons (Fsp3) is 0.0189. The second-order valence-corrected chi connectivity index (χ2v) is 14.4. The average Bonchev–Trinajstić information content (AvgIpc) is 3.54. The number of nitrogens with zero attached hydrogens (tertiary/aromatic N) is 1. The molecule has 0 N–H and O–H groups in total. The number of benzene rings is 9. The third-order valence-corrected chi connectivity index (χ3v) is 11.5. The monoisotopic (exact) mass is 701 g/mol. The number of rotatable bonds is 5. The molecule has 11 rings (SSSR count). The molecule has 1 atom stereocenters. The highest BCUT2D eigenvalue weighted by Crippen LogP contribution is 2.64. The summed E-state index contributed by atoms with van der Waals surface area (Å²) < 4.78 is 6.86. The summed E-state index contributed by atoms with van der Waals surface area (Å²) in [5.74, 6) is 1.77. The summed E-state index contributed by atoms with van der Waals surface area (Å²) in [5.41, 5.74) is 14.7. The SMILES string of the molecule is c1ccc(-c2ccc(N(c3ccc4c(c3)C3(c5ccccc5Oc5cccc(-c6ccccc6)c53)c3ccccc3-4)c3cccc4ccccc34)cc2)cc1. The van der Waals surface area contributed by atoms with Crippen molar-refractivity contribution in [1.82, 2.24) is 0 Å². The van der Waals surface area contributed by atoms with E-state index < -0.39 is 5.41 Å². The first-order valence-corrected chi connectivity index (χ1v) is 18.9. The van der Waals surface area contributed by atoms with Crippen LogP contribution in [0.1, 0.15) is 22.3 Å². The molecule has 258 valence electrons. The average molecular weight is 702 g/mol. The Kier molecular flexibility index (Phi) is 7.11. The maximum atomic E-state index is 6.86. The smallest absolute Gasteiger partial charge is 0.132 e. The van der Waals surface area contributed by atoms with Crippen LogP contribution in [0, 0.1) is 0 Å². The van der Waals surface area contributed by atoms with Crippen molar-refractivity contribution in [3.63, 3.8) is 0 Å². The van der Waals surface area contributed by atoms with Gasteiger partial charge in [-0.25, -0.2) is 0 Å². The fourth-order valence-corrected chi connectivity index (χ4v) is 9.21. The normalized spacial score (nSPS) is 14.8. The summed E-state index contributed by atoms with van der Waals surface area (Å²) in [6.07, 6.45) is 0. The van der Waals surface area contributed by atoms with Crippen LogP contribution in [0.4, 0.5) is 17.1 Å². The lowest BCUT2D eigenvalue weighted by molar-refractivity contribution is 0.437. The molecule has 0 bridgehead atoms. The molecular formula is C53H35NO. The van der Waals surface area contributed by atoms with Gasteiger partial charge >= 0.3 is 0 Å². The lowest BCUT2D eigenvalue weighted by Gasteiger charge is -2.41. The third-order valence-electron chi connectivity index (χ3n) is 11.5. The maximum absolute atomic E-state index is 6.86. The van der Waals surface area contributed by atoms with Crippen molar-refractivity contribution in [3.8, 4) is 44.9 Å². The number of para-hydroxylation sites is 1. The first-order valence-electron chi connectivity index (χ1n) is 18.9. The van der Waals surface area contributed by atoms with Crippen LogP contribution in [0.2, 0.25) is 0 Å². The van der Waals surface area contributed by atoms with Crippen molar-refractivity contribution in [1.29, 1.82) is 0 Å². The summed E-state index contributed by atoms with van der Waals surface area (Å²) in [6.45, 7) is 0. The van der Waals surface area contributed by atoms with E-state index in [1.165, 1.54) is 60.8 Å². The molecular weight excluding hydrogens is 667 g/mol. The van der Waals surface area contributed by atoms with E-state index in [1.807, 2.05) is 0 Å². The molecule has 9 aromatic carbocycles. The van der Waals surface area contributed by atoms with E-state index in [2.05, 4.69) is 217 Å². The Morgan fingerprint density at radius 1 is 0.364 bits per heavy atom. The van der Waals surface area contributed by atoms with Crippen LogP contribution in [-0.2, 0) is 5.41 Å². The van der Waals surface area contributed by atoms with E-state index in [0.717, 1.165) is 34.1 Å². The van der Waals surface area contributed by atoms with Gasteiger partial charge in [-0.1, -0.05) is 170 Å². The zero-order valence-electron chi connectivity index (χ0n) is 30.1.